The molecule has 5 N–H and O–H groups in total. The maximum absolute atomic E-state index is 9.60. The molecule has 0 saturated heterocycles. The number of benzene rings is 1. The molecular formula is C11H15NO3. The van der Waals surface area contributed by atoms with Gasteiger partial charge in [0.05, 0.1) is 0 Å². The number of rotatable bonds is 3. The fourth-order valence-corrected chi connectivity index (χ4v) is 1.81. The lowest BCUT2D eigenvalue weighted by Crippen LogP contribution is -2.18. The van der Waals surface area contributed by atoms with E-state index in [4.69, 9.17) is 10.8 Å². The van der Waals surface area contributed by atoms with Gasteiger partial charge in [0, 0.05) is 17.7 Å². The highest BCUT2D eigenvalue weighted by Crippen LogP contribution is 2.50. The molecule has 4 heteroatoms. The molecule has 4 nitrogen and oxygen atoms in total. The quantitative estimate of drug-likeness (QED) is 0.600. The summed E-state index contributed by atoms with van der Waals surface area (Å²) in [4.78, 5) is 0. The van der Waals surface area contributed by atoms with Crippen LogP contribution in [0.5, 0.6) is 17.2 Å². The number of phenolic OH excluding ortho intramolecular Hbond substituents is 3. The van der Waals surface area contributed by atoms with Gasteiger partial charge < -0.3 is 21.1 Å². The lowest BCUT2D eigenvalue weighted by molar-refractivity contribution is 0.405. The second-order valence-corrected chi connectivity index (χ2v) is 4.34. The van der Waals surface area contributed by atoms with Gasteiger partial charge in [-0.05, 0) is 31.2 Å². The number of aromatic hydroxyl groups is 3. The summed E-state index contributed by atoms with van der Waals surface area (Å²) in [5, 5.41) is 28.3. The predicted molar refractivity (Wildman–Crippen MR) is 55.9 cm³/mol. The van der Waals surface area contributed by atoms with Gasteiger partial charge in [-0.1, -0.05) is 0 Å². The molecule has 1 saturated carbocycles. The average molecular weight is 209 g/mol. The Morgan fingerprint density at radius 1 is 1.13 bits per heavy atom. The van der Waals surface area contributed by atoms with Crippen molar-refractivity contribution < 1.29 is 15.3 Å². The molecular weight excluding hydrogens is 194 g/mol. The van der Waals surface area contributed by atoms with Gasteiger partial charge in [0.2, 0.25) is 0 Å². The molecule has 1 aliphatic carbocycles. The first-order chi connectivity index (χ1) is 7.06. The van der Waals surface area contributed by atoms with Crippen LogP contribution in [0.2, 0.25) is 0 Å². The zero-order valence-corrected chi connectivity index (χ0v) is 8.40. The SMILES string of the molecule is NCC1(Cc2c(O)cc(O)cc2O)CC1. The zero-order valence-electron chi connectivity index (χ0n) is 8.40. The third kappa shape index (κ3) is 1.85. The molecule has 82 valence electrons. The fourth-order valence-electron chi connectivity index (χ4n) is 1.81. The number of hydrogen-bond acceptors (Lipinski definition) is 4. The fraction of sp³-hybridized carbons (Fsp3) is 0.455. The minimum absolute atomic E-state index is 0.0476. The van der Waals surface area contributed by atoms with Gasteiger partial charge in [0.25, 0.3) is 0 Å². The summed E-state index contributed by atoms with van der Waals surface area (Å²) < 4.78 is 0. The van der Waals surface area contributed by atoms with E-state index in [0.717, 1.165) is 12.8 Å². The summed E-state index contributed by atoms with van der Waals surface area (Å²) in [6.45, 7) is 0.562. The van der Waals surface area contributed by atoms with Crippen LogP contribution < -0.4 is 5.73 Å². The van der Waals surface area contributed by atoms with E-state index in [9.17, 15) is 10.2 Å². The third-order valence-electron chi connectivity index (χ3n) is 3.13. The first-order valence-corrected chi connectivity index (χ1v) is 5.00. The Hall–Kier alpha value is -1.42. The Bertz CT molecular complexity index is 362. The van der Waals surface area contributed by atoms with E-state index in [-0.39, 0.29) is 22.7 Å². The first-order valence-electron chi connectivity index (χ1n) is 5.00. The van der Waals surface area contributed by atoms with Crippen LogP contribution in [0.15, 0.2) is 12.1 Å². The van der Waals surface area contributed by atoms with Crippen molar-refractivity contribution in [2.75, 3.05) is 6.54 Å². The second-order valence-electron chi connectivity index (χ2n) is 4.34. The first kappa shape index (κ1) is 10.1. The van der Waals surface area contributed by atoms with Crippen molar-refractivity contribution in [1.29, 1.82) is 0 Å². The van der Waals surface area contributed by atoms with Crippen LogP contribution in [0.4, 0.5) is 0 Å². The molecule has 1 fully saturated rings. The minimum Gasteiger partial charge on any atom is -0.508 e. The molecule has 1 aliphatic rings. The minimum atomic E-state index is -0.133. The highest BCUT2D eigenvalue weighted by Gasteiger charge is 2.42. The van der Waals surface area contributed by atoms with Crippen molar-refractivity contribution in [2.24, 2.45) is 11.1 Å². The van der Waals surface area contributed by atoms with Crippen molar-refractivity contribution in [3.63, 3.8) is 0 Å². The number of hydrogen-bond donors (Lipinski definition) is 4. The van der Waals surface area contributed by atoms with E-state index >= 15 is 0 Å². The van der Waals surface area contributed by atoms with Gasteiger partial charge in [0.1, 0.15) is 17.2 Å². The van der Waals surface area contributed by atoms with Crippen LogP contribution in [-0.2, 0) is 6.42 Å². The molecule has 0 amide bonds. The van der Waals surface area contributed by atoms with Gasteiger partial charge in [-0.15, -0.1) is 0 Å². The number of phenols is 3. The standard InChI is InChI=1S/C11H15NO3/c12-6-11(1-2-11)5-8-9(14)3-7(13)4-10(8)15/h3-4,13-15H,1-2,5-6,12H2. The Balaban J connectivity index is 2.28. The van der Waals surface area contributed by atoms with Gasteiger partial charge in [-0.2, -0.15) is 0 Å². The summed E-state index contributed by atoms with van der Waals surface area (Å²) in [5.41, 5.74) is 6.16. The average Bonchev–Trinajstić information content (AvgIpc) is 2.92. The highest BCUT2D eigenvalue weighted by atomic mass is 16.3. The molecule has 0 spiro atoms. The summed E-state index contributed by atoms with van der Waals surface area (Å²) in [6.07, 6.45) is 2.63. The second kappa shape index (κ2) is 3.31. The van der Waals surface area contributed by atoms with Crippen LogP contribution in [0.3, 0.4) is 0 Å². The lowest BCUT2D eigenvalue weighted by atomic mass is 9.95. The molecule has 0 unspecified atom stereocenters. The number of nitrogens with two attached hydrogens (primary N) is 1. The third-order valence-corrected chi connectivity index (χ3v) is 3.13. The van der Waals surface area contributed by atoms with Crippen molar-refractivity contribution in [2.45, 2.75) is 19.3 Å². The van der Waals surface area contributed by atoms with E-state index in [1.807, 2.05) is 0 Å². The van der Waals surface area contributed by atoms with Gasteiger partial charge in [-0.3, -0.25) is 0 Å². The summed E-state index contributed by atoms with van der Waals surface area (Å²) >= 11 is 0. The van der Waals surface area contributed by atoms with Gasteiger partial charge in [0.15, 0.2) is 0 Å². The van der Waals surface area contributed by atoms with Crippen molar-refractivity contribution in [3.8, 4) is 17.2 Å². The van der Waals surface area contributed by atoms with Gasteiger partial charge in [-0.25, -0.2) is 0 Å². The van der Waals surface area contributed by atoms with Crippen molar-refractivity contribution in [3.05, 3.63) is 17.7 Å². The monoisotopic (exact) mass is 209 g/mol. The molecule has 15 heavy (non-hydrogen) atoms. The molecule has 0 aromatic heterocycles. The van der Waals surface area contributed by atoms with E-state index in [2.05, 4.69) is 0 Å². The Labute approximate surface area is 88.0 Å². The molecule has 1 aromatic rings. The van der Waals surface area contributed by atoms with Crippen LogP contribution in [-0.4, -0.2) is 21.9 Å². The zero-order chi connectivity index (χ0) is 11.1. The molecule has 0 aliphatic heterocycles. The van der Waals surface area contributed by atoms with Crippen LogP contribution >= 0.6 is 0 Å². The Kier molecular flexibility index (Phi) is 2.23. The summed E-state index contributed by atoms with van der Waals surface area (Å²) in [6, 6.07) is 2.48. The van der Waals surface area contributed by atoms with Crippen molar-refractivity contribution >= 4 is 0 Å². The molecule has 0 heterocycles. The lowest BCUT2D eigenvalue weighted by Gasteiger charge is -2.14. The van der Waals surface area contributed by atoms with E-state index in [1.165, 1.54) is 12.1 Å². The summed E-state index contributed by atoms with van der Waals surface area (Å²) in [5.74, 6) is -0.259. The molecule has 1 aromatic carbocycles. The van der Waals surface area contributed by atoms with E-state index in [0.29, 0.717) is 18.5 Å². The Morgan fingerprint density at radius 3 is 2.07 bits per heavy atom. The highest BCUT2D eigenvalue weighted by molar-refractivity contribution is 5.49. The van der Waals surface area contributed by atoms with Crippen LogP contribution in [0.25, 0.3) is 0 Å². The topological polar surface area (TPSA) is 86.7 Å². The van der Waals surface area contributed by atoms with Crippen molar-refractivity contribution in [1.82, 2.24) is 0 Å². The normalized spacial score (nSPS) is 17.7. The largest absolute Gasteiger partial charge is 0.508 e. The van der Waals surface area contributed by atoms with Gasteiger partial charge >= 0.3 is 0 Å². The van der Waals surface area contributed by atoms with Crippen LogP contribution in [0, 0.1) is 5.41 Å². The molecule has 0 atom stereocenters. The summed E-state index contributed by atoms with van der Waals surface area (Å²) in [7, 11) is 0. The maximum Gasteiger partial charge on any atom is 0.126 e. The molecule has 0 bridgehead atoms. The van der Waals surface area contributed by atoms with E-state index < -0.39 is 0 Å². The molecule has 2 rings (SSSR count). The smallest absolute Gasteiger partial charge is 0.126 e. The Morgan fingerprint density at radius 2 is 1.67 bits per heavy atom. The maximum atomic E-state index is 9.60. The van der Waals surface area contributed by atoms with E-state index in [1.54, 1.807) is 0 Å². The molecule has 0 radical (unpaired) electrons. The van der Waals surface area contributed by atoms with Crippen LogP contribution in [0.1, 0.15) is 18.4 Å². The predicted octanol–water partition coefficient (Wildman–Crippen LogP) is 1.08.